The fraction of sp³-hybridized carbons (Fsp3) is 0.257. The molecule has 2 N–H and O–H groups in total. The molecule has 2 aromatic carbocycles. The highest BCUT2D eigenvalue weighted by Gasteiger charge is 2.21. The van der Waals surface area contributed by atoms with Gasteiger partial charge in [0.1, 0.15) is 5.75 Å². The molecule has 1 aliphatic rings. The Kier molecular flexibility index (Phi) is 8.11. The van der Waals surface area contributed by atoms with Crippen LogP contribution in [0.15, 0.2) is 91.4 Å². The molecule has 5 heterocycles. The Morgan fingerprint density at radius 1 is 1.02 bits per heavy atom. The first-order valence-electron chi connectivity index (χ1n) is 15.3. The van der Waals surface area contributed by atoms with Crippen LogP contribution in [-0.4, -0.2) is 50.3 Å². The molecule has 10 heteroatoms. The van der Waals surface area contributed by atoms with Crippen molar-refractivity contribution >= 4 is 28.3 Å². The van der Waals surface area contributed by atoms with Crippen LogP contribution in [0.3, 0.4) is 0 Å². The van der Waals surface area contributed by atoms with Crippen molar-refractivity contribution in [2.75, 3.05) is 25.6 Å². The van der Waals surface area contributed by atoms with Crippen molar-refractivity contribution in [3.63, 3.8) is 0 Å². The van der Waals surface area contributed by atoms with E-state index in [1.54, 1.807) is 13.3 Å². The van der Waals surface area contributed by atoms with Crippen LogP contribution >= 0.6 is 0 Å². The van der Waals surface area contributed by atoms with Gasteiger partial charge in [0.05, 0.1) is 34.9 Å². The molecule has 1 fully saturated rings. The standard InChI is InChI=1S/C35H35N7O3/c1-44-28-11-8-24(9-12-28)22-38-34-32-21-26(35(43)37-17-14-27-6-2-4-16-36-27)23-41(32)31-13-10-25(20-29(31)40-34)30-15-18-39-42(30)33-7-3-5-19-45-33/h2,4,6,8-13,15-16,18,20-21,23,33H,3,5,7,14,17,19,22H2,1H3,(H,37,43)(H,38,40). The normalized spacial score (nSPS) is 14.9. The minimum atomic E-state index is -0.142. The van der Waals surface area contributed by atoms with Crippen LogP contribution in [-0.2, 0) is 17.7 Å². The van der Waals surface area contributed by atoms with Gasteiger partial charge in [0.2, 0.25) is 0 Å². The molecule has 4 aromatic heterocycles. The van der Waals surface area contributed by atoms with Gasteiger partial charge in [0.15, 0.2) is 12.0 Å². The van der Waals surface area contributed by atoms with Gasteiger partial charge in [-0.2, -0.15) is 5.10 Å². The number of anilines is 1. The van der Waals surface area contributed by atoms with Gasteiger partial charge in [-0.05, 0) is 73.4 Å². The lowest BCUT2D eigenvalue weighted by molar-refractivity contribution is -0.0383. The van der Waals surface area contributed by atoms with E-state index in [1.165, 1.54) is 0 Å². The smallest absolute Gasteiger partial charge is 0.252 e. The second kappa shape index (κ2) is 12.8. The van der Waals surface area contributed by atoms with Crippen molar-refractivity contribution in [3.05, 3.63) is 108 Å². The topological polar surface area (TPSA) is 108 Å². The number of nitrogens with one attached hydrogen (secondary N) is 2. The third-order valence-electron chi connectivity index (χ3n) is 8.20. The predicted octanol–water partition coefficient (Wildman–Crippen LogP) is 6.04. The Labute approximate surface area is 261 Å². The van der Waals surface area contributed by atoms with Crippen molar-refractivity contribution in [1.82, 2.24) is 29.5 Å². The summed E-state index contributed by atoms with van der Waals surface area (Å²) in [6.07, 6.45) is 9.20. The minimum absolute atomic E-state index is 0.0696. The number of hydrogen-bond acceptors (Lipinski definition) is 7. The second-order valence-electron chi connectivity index (χ2n) is 11.2. The number of benzene rings is 2. The van der Waals surface area contributed by atoms with E-state index in [9.17, 15) is 4.79 Å². The molecular formula is C35H35N7O3. The quantitative estimate of drug-likeness (QED) is 0.197. The number of hydrogen-bond donors (Lipinski definition) is 2. The van der Waals surface area contributed by atoms with Gasteiger partial charge in [-0.3, -0.25) is 9.78 Å². The zero-order valence-electron chi connectivity index (χ0n) is 25.1. The monoisotopic (exact) mass is 601 g/mol. The number of carbonyl (C=O) groups excluding carboxylic acids is 1. The highest BCUT2D eigenvalue weighted by atomic mass is 16.5. The highest BCUT2D eigenvalue weighted by molar-refractivity contribution is 5.98. The first-order valence-corrected chi connectivity index (χ1v) is 15.3. The fourth-order valence-electron chi connectivity index (χ4n) is 5.82. The summed E-state index contributed by atoms with van der Waals surface area (Å²) in [6, 6.07) is 23.8. The number of methoxy groups -OCH3 is 1. The van der Waals surface area contributed by atoms with E-state index in [2.05, 4.69) is 38.9 Å². The van der Waals surface area contributed by atoms with E-state index in [-0.39, 0.29) is 12.1 Å². The summed E-state index contributed by atoms with van der Waals surface area (Å²) in [4.78, 5) is 22.7. The van der Waals surface area contributed by atoms with E-state index >= 15 is 0 Å². The molecule has 1 aliphatic heterocycles. The van der Waals surface area contributed by atoms with Gasteiger partial charge in [0.25, 0.3) is 5.91 Å². The van der Waals surface area contributed by atoms with E-state index < -0.39 is 0 Å². The number of carbonyl (C=O) groups is 1. The molecule has 10 nitrogen and oxygen atoms in total. The molecule has 0 aliphatic carbocycles. The number of nitrogens with zero attached hydrogens (tertiary/aromatic N) is 5. The average molecular weight is 602 g/mol. The van der Waals surface area contributed by atoms with Crippen molar-refractivity contribution < 1.29 is 14.3 Å². The molecular weight excluding hydrogens is 566 g/mol. The van der Waals surface area contributed by atoms with Gasteiger partial charge < -0.3 is 24.5 Å². The summed E-state index contributed by atoms with van der Waals surface area (Å²) in [7, 11) is 1.66. The maximum absolute atomic E-state index is 13.3. The Morgan fingerprint density at radius 3 is 2.73 bits per heavy atom. The number of aromatic nitrogens is 5. The minimum Gasteiger partial charge on any atom is -0.497 e. The van der Waals surface area contributed by atoms with Crippen LogP contribution in [0, 0.1) is 0 Å². The summed E-state index contributed by atoms with van der Waals surface area (Å²) < 4.78 is 15.4. The Hall–Kier alpha value is -5.22. The predicted molar refractivity (Wildman–Crippen MR) is 173 cm³/mol. The Bertz CT molecular complexity index is 1930. The lowest BCUT2D eigenvalue weighted by atomic mass is 10.1. The first-order chi connectivity index (χ1) is 22.2. The van der Waals surface area contributed by atoms with Crippen LogP contribution in [0.4, 0.5) is 5.82 Å². The van der Waals surface area contributed by atoms with Gasteiger partial charge in [-0.25, -0.2) is 9.67 Å². The van der Waals surface area contributed by atoms with Gasteiger partial charge in [-0.1, -0.05) is 24.3 Å². The molecule has 1 atom stereocenters. The zero-order valence-corrected chi connectivity index (χ0v) is 25.1. The van der Waals surface area contributed by atoms with Crippen molar-refractivity contribution in [2.24, 2.45) is 0 Å². The number of rotatable bonds is 10. The number of pyridine rings is 1. The number of fused-ring (bicyclic) bond motifs is 3. The van der Waals surface area contributed by atoms with Gasteiger partial charge in [0, 0.05) is 56.0 Å². The molecule has 0 spiro atoms. The molecule has 228 valence electrons. The summed E-state index contributed by atoms with van der Waals surface area (Å²) in [5.41, 5.74) is 7.09. The molecule has 1 amide bonds. The van der Waals surface area contributed by atoms with E-state index in [0.29, 0.717) is 30.9 Å². The Morgan fingerprint density at radius 2 is 1.93 bits per heavy atom. The van der Waals surface area contributed by atoms with Crippen molar-refractivity contribution in [2.45, 2.75) is 38.5 Å². The average Bonchev–Trinajstić information content (AvgIpc) is 3.77. The molecule has 45 heavy (non-hydrogen) atoms. The summed E-state index contributed by atoms with van der Waals surface area (Å²) in [6.45, 7) is 1.79. The Balaban J connectivity index is 1.22. The largest absolute Gasteiger partial charge is 0.497 e. The molecule has 0 radical (unpaired) electrons. The van der Waals surface area contributed by atoms with Gasteiger partial charge >= 0.3 is 0 Å². The van der Waals surface area contributed by atoms with Crippen molar-refractivity contribution in [3.8, 4) is 17.0 Å². The molecule has 1 unspecified atom stereocenters. The zero-order chi connectivity index (χ0) is 30.6. The summed E-state index contributed by atoms with van der Waals surface area (Å²) in [5, 5.41) is 11.2. The maximum Gasteiger partial charge on any atom is 0.252 e. The summed E-state index contributed by atoms with van der Waals surface area (Å²) in [5.74, 6) is 1.35. The van der Waals surface area contributed by atoms with Crippen LogP contribution in [0.25, 0.3) is 27.8 Å². The van der Waals surface area contributed by atoms with E-state index in [0.717, 1.165) is 70.7 Å². The summed E-state index contributed by atoms with van der Waals surface area (Å²) >= 11 is 0. The van der Waals surface area contributed by atoms with Crippen molar-refractivity contribution in [1.29, 1.82) is 0 Å². The third-order valence-corrected chi connectivity index (χ3v) is 8.20. The SMILES string of the molecule is COc1ccc(CNc2nc3cc(-c4ccnn4C4CCCCO4)ccc3n3cc(C(=O)NCCc4ccccn4)cc23)cc1. The number of ether oxygens (including phenoxy) is 2. The highest BCUT2D eigenvalue weighted by Crippen LogP contribution is 2.32. The maximum atomic E-state index is 13.3. The van der Waals surface area contributed by atoms with Crippen LogP contribution < -0.4 is 15.4 Å². The lowest BCUT2D eigenvalue weighted by Crippen LogP contribution is -2.25. The molecule has 6 aromatic rings. The molecule has 0 bridgehead atoms. The van der Waals surface area contributed by atoms with Crippen LogP contribution in [0.2, 0.25) is 0 Å². The van der Waals surface area contributed by atoms with E-state index in [1.807, 2.05) is 76.1 Å². The first kappa shape index (κ1) is 28.5. The van der Waals surface area contributed by atoms with Crippen LogP contribution in [0.5, 0.6) is 5.75 Å². The molecule has 7 rings (SSSR count). The van der Waals surface area contributed by atoms with Crippen LogP contribution in [0.1, 0.15) is 47.1 Å². The second-order valence-corrected chi connectivity index (χ2v) is 11.2. The molecule has 0 saturated carbocycles. The lowest BCUT2D eigenvalue weighted by Gasteiger charge is -2.24. The van der Waals surface area contributed by atoms with E-state index in [4.69, 9.17) is 14.5 Å². The number of amides is 1. The molecule has 1 saturated heterocycles. The fourth-order valence-corrected chi connectivity index (χ4v) is 5.82. The van der Waals surface area contributed by atoms with Gasteiger partial charge in [-0.15, -0.1) is 0 Å². The third kappa shape index (κ3) is 6.09.